The third-order valence-electron chi connectivity index (χ3n) is 3.73. The fourth-order valence-electron chi connectivity index (χ4n) is 2.54. The van der Waals surface area contributed by atoms with Crippen molar-refractivity contribution in [2.75, 3.05) is 6.54 Å². The predicted octanol–water partition coefficient (Wildman–Crippen LogP) is 1.92. The maximum absolute atomic E-state index is 12.7. The molecule has 1 fully saturated rings. The molecule has 21 heavy (non-hydrogen) atoms. The summed E-state index contributed by atoms with van der Waals surface area (Å²) >= 11 is 0. The van der Waals surface area contributed by atoms with E-state index in [2.05, 4.69) is 10.6 Å². The molecule has 0 aliphatic heterocycles. The van der Waals surface area contributed by atoms with E-state index in [0.717, 1.165) is 5.56 Å². The molecule has 1 saturated carbocycles. The normalized spacial score (nSPS) is 21.0. The number of benzene rings is 1. The molecule has 2 atom stereocenters. The number of halogens is 1. The lowest BCUT2D eigenvalue weighted by Gasteiger charge is -2.13. The Bertz CT molecular complexity index is 504. The average Bonchev–Trinajstić information content (AvgIpc) is 2.90. The van der Waals surface area contributed by atoms with Gasteiger partial charge in [-0.05, 0) is 43.4 Å². The van der Waals surface area contributed by atoms with E-state index >= 15 is 0 Å². The van der Waals surface area contributed by atoms with E-state index in [1.807, 2.05) is 0 Å². The Morgan fingerprint density at radius 3 is 2.57 bits per heavy atom. The molecule has 0 spiro atoms. The summed E-state index contributed by atoms with van der Waals surface area (Å²) in [5.74, 6) is -1.43. The van der Waals surface area contributed by atoms with Gasteiger partial charge < -0.3 is 15.7 Å². The number of aliphatic carboxylic acids is 1. The summed E-state index contributed by atoms with van der Waals surface area (Å²) in [6.45, 7) is 0.451. The molecule has 114 valence electrons. The van der Waals surface area contributed by atoms with E-state index in [1.54, 1.807) is 12.1 Å². The van der Waals surface area contributed by atoms with Gasteiger partial charge in [0.15, 0.2) is 0 Å². The number of carboxylic acid groups (broad SMARTS) is 1. The van der Waals surface area contributed by atoms with Crippen LogP contribution in [-0.2, 0) is 11.2 Å². The number of nitrogens with one attached hydrogen (secondary N) is 2. The first-order valence-corrected chi connectivity index (χ1v) is 7.06. The van der Waals surface area contributed by atoms with Gasteiger partial charge in [0.2, 0.25) is 0 Å². The van der Waals surface area contributed by atoms with Gasteiger partial charge in [-0.25, -0.2) is 9.18 Å². The van der Waals surface area contributed by atoms with Crippen molar-refractivity contribution in [3.05, 3.63) is 35.6 Å². The predicted molar refractivity (Wildman–Crippen MR) is 75.4 cm³/mol. The van der Waals surface area contributed by atoms with Gasteiger partial charge in [0.05, 0.1) is 5.92 Å². The van der Waals surface area contributed by atoms with Crippen LogP contribution >= 0.6 is 0 Å². The summed E-state index contributed by atoms with van der Waals surface area (Å²) < 4.78 is 12.7. The molecule has 1 aliphatic carbocycles. The number of amides is 2. The first-order valence-electron chi connectivity index (χ1n) is 7.06. The maximum Gasteiger partial charge on any atom is 0.315 e. The molecule has 1 aliphatic rings. The van der Waals surface area contributed by atoms with Crippen molar-refractivity contribution >= 4 is 12.0 Å². The summed E-state index contributed by atoms with van der Waals surface area (Å²) in [4.78, 5) is 22.5. The number of carbonyl (C=O) groups is 2. The Balaban J connectivity index is 1.66. The fraction of sp³-hybridized carbons (Fsp3) is 0.467. The van der Waals surface area contributed by atoms with Crippen LogP contribution in [0.25, 0.3) is 0 Å². The SMILES string of the molecule is O=C(NCCc1ccc(F)cc1)NC1CCC(C(=O)O)C1. The van der Waals surface area contributed by atoms with Crippen molar-refractivity contribution in [3.8, 4) is 0 Å². The number of carbonyl (C=O) groups excluding carboxylic acids is 1. The lowest BCUT2D eigenvalue weighted by molar-refractivity contribution is -0.141. The second kappa shape index (κ2) is 7.06. The zero-order chi connectivity index (χ0) is 15.2. The van der Waals surface area contributed by atoms with Gasteiger partial charge in [0.1, 0.15) is 5.82 Å². The summed E-state index contributed by atoms with van der Waals surface area (Å²) in [5, 5.41) is 14.4. The molecule has 0 heterocycles. The van der Waals surface area contributed by atoms with Gasteiger partial charge in [-0.2, -0.15) is 0 Å². The third kappa shape index (κ3) is 4.73. The molecule has 2 amide bonds. The largest absolute Gasteiger partial charge is 0.481 e. The summed E-state index contributed by atoms with van der Waals surface area (Å²) in [7, 11) is 0. The zero-order valence-corrected chi connectivity index (χ0v) is 11.6. The molecule has 5 nitrogen and oxygen atoms in total. The van der Waals surface area contributed by atoms with Gasteiger partial charge in [0.25, 0.3) is 0 Å². The van der Waals surface area contributed by atoms with E-state index in [-0.39, 0.29) is 23.8 Å². The minimum absolute atomic E-state index is 0.0723. The van der Waals surface area contributed by atoms with Crippen LogP contribution in [0.1, 0.15) is 24.8 Å². The van der Waals surface area contributed by atoms with E-state index in [9.17, 15) is 14.0 Å². The molecule has 0 radical (unpaired) electrons. The van der Waals surface area contributed by atoms with Crippen molar-refractivity contribution < 1.29 is 19.1 Å². The Labute approximate surface area is 122 Å². The molecular formula is C15H19FN2O3. The van der Waals surface area contributed by atoms with E-state index in [1.165, 1.54) is 12.1 Å². The van der Waals surface area contributed by atoms with Crippen LogP contribution in [0.3, 0.4) is 0 Å². The molecule has 0 aromatic heterocycles. The molecule has 1 aromatic carbocycles. The highest BCUT2D eigenvalue weighted by Crippen LogP contribution is 2.25. The standard InChI is InChI=1S/C15H19FN2O3/c16-12-4-1-10(2-5-12)7-8-17-15(21)18-13-6-3-11(9-13)14(19)20/h1-2,4-5,11,13H,3,6-9H2,(H,19,20)(H2,17,18,21). The van der Waals surface area contributed by atoms with Crippen LogP contribution in [-0.4, -0.2) is 29.7 Å². The van der Waals surface area contributed by atoms with Crippen molar-refractivity contribution in [2.24, 2.45) is 5.92 Å². The second-order valence-electron chi connectivity index (χ2n) is 5.32. The van der Waals surface area contributed by atoms with E-state index in [4.69, 9.17) is 5.11 Å². The van der Waals surface area contributed by atoms with E-state index in [0.29, 0.717) is 32.2 Å². The lowest BCUT2D eigenvalue weighted by atomic mass is 10.1. The van der Waals surface area contributed by atoms with Gasteiger partial charge in [-0.15, -0.1) is 0 Å². The quantitative estimate of drug-likeness (QED) is 0.776. The maximum atomic E-state index is 12.7. The lowest BCUT2D eigenvalue weighted by Crippen LogP contribution is -2.41. The molecule has 2 unspecified atom stereocenters. The average molecular weight is 294 g/mol. The monoisotopic (exact) mass is 294 g/mol. The Morgan fingerprint density at radius 1 is 1.24 bits per heavy atom. The van der Waals surface area contributed by atoms with Gasteiger partial charge in [-0.3, -0.25) is 4.79 Å². The fourth-order valence-corrected chi connectivity index (χ4v) is 2.54. The zero-order valence-electron chi connectivity index (χ0n) is 11.6. The highest BCUT2D eigenvalue weighted by Gasteiger charge is 2.30. The van der Waals surface area contributed by atoms with Crippen LogP contribution in [0.5, 0.6) is 0 Å². The minimum Gasteiger partial charge on any atom is -0.481 e. The van der Waals surface area contributed by atoms with Crippen molar-refractivity contribution in [2.45, 2.75) is 31.7 Å². The molecule has 0 bridgehead atoms. The highest BCUT2D eigenvalue weighted by atomic mass is 19.1. The van der Waals surface area contributed by atoms with E-state index < -0.39 is 5.97 Å². The number of rotatable bonds is 5. The summed E-state index contributed by atoms with van der Waals surface area (Å²) in [6.07, 6.45) is 2.41. The number of carboxylic acids is 1. The molecule has 1 aromatic rings. The van der Waals surface area contributed by atoms with Gasteiger partial charge in [-0.1, -0.05) is 12.1 Å². The van der Waals surface area contributed by atoms with Crippen molar-refractivity contribution in [1.82, 2.24) is 10.6 Å². The minimum atomic E-state index is -0.795. The topological polar surface area (TPSA) is 78.4 Å². The van der Waals surface area contributed by atoms with Crippen LogP contribution < -0.4 is 10.6 Å². The highest BCUT2D eigenvalue weighted by molar-refractivity contribution is 5.75. The first-order chi connectivity index (χ1) is 10.0. The Kier molecular flexibility index (Phi) is 5.14. The van der Waals surface area contributed by atoms with Gasteiger partial charge >= 0.3 is 12.0 Å². The van der Waals surface area contributed by atoms with Crippen LogP contribution in [0, 0.1) is 11.7 Å². The van der Waals surface area contributed by atoms with Crippen LogP contribution in [0.2, 0.25) is 0 Å². The molecule has 3 N–H and O–H groups in total. The Morgan fingerprint density at radius 2 is 1.95 bits per heavy atom. The number of urea groups is 1. The molecular weight excluding hydrogens is 275 g/mol. The first kappa shape index (κ1) is 15.3. The third-order valence-corrected chi connectivity index (χ3v) is 3.73. The van der Waals surface area contributed by atoms with Crippen LogP contribution in [0.4, 0.5) is 9.18 Å². The van der Waals surface area contributed by atoms with Crippen LogP contribution in [0.15, 0.2) is 24.3 Å². The molecule has 2 rings (SSSR count). The van der Waals surface area contributed by atoms with Gasteiger partial charge in [0, 0.05) is 12.6 Å². The molecule has 6 heteroatoms. The molecule has 0 saturated heterocycles. The second-order valence-corrected chi connectivity index (χ2v) is 5.32. The van der Waals surface area contributed by atoms with Crippen molar-refractivity contribution in [1.29, 1.82) is 0 Å². The summed E-state index contributed by atoms with van der Waals surface area (Å²) in [6, 6.07) is 5.79. The smallest absolute Gasteiger partial charge is 0.315 e. The summed E-state index contributed by atoms with van der Waals surface area (Å²) in [5.41, 5.74) is 0.948. The Hall–Kier alpha value is -2.11. The number of hydrogen-bond acceptors (Lipinski definition) is 2. The van der Waals surface area contributed by atoms with Crippen molar-refractivity contribution in [3.63, 3.8) is 0 Å². The number of hydrogen-bond donors (Lipinski definition) is 3.